The van der Waals surface area contributed by atoms with Crippen LogP contribution < -0.4 is 5.69 Å². The molecule has 3 aromatic carbocycles. The Morgan fingerprint density at radius 3 is 2.44 bits per heavy atom. The van der Waals surface area contributed by atoms with Crippen molar-refractivity contribution in [2.45, 2.75) is 64.2 Å². The Morgan fingerprint density at radius 2 is 1.68 bits per heavy atom. The summed E-state index contributed by atoms with van der Waals surface area (Å²) in [6.45, 7) is 8.25. The summed E-state index contributed by atoms with van der Waals surface area (Å²) < 4.78 is 72.7. The zero-order chi connectivity index (χ0) is 44.1. The summed E-state index contributed by atoms with van der Waals surface area (Å²) in [7, 11) is -2.56. The van der Waals surface area contributed by atoms with Crippen LogP contribution >= 0.6 is 0 Å². The van der Waals surface area contributed by atoms with Crippen molar-refractivity contribution in [3.05, 3.63) is 147 Å². The Bertz CT molecular complexity index is 3250. The number of aryl methyl sites for hydroxylation is 3. The van der Waals surface area contributed by atoms with Gasteiger partial charge in [-0.2, -0.15) is 10.2 Å². The number of aromatic nitrogens is 7. The molecule has 0 saturated carbocycles. The number of hydrogen-bond acceptors (Lipinski definition) is 7. The third-order valence-corrected chi connectivity index (χ3v) is 15.5. The van der Waals surface area contributed by atoms with E-state index < -0.39 is 38.2 Å². The van der Waals surface area contributed by atoms with Gasteiger partial charge in [0.25, 0.3) is 5.91 Å². The lowest BCUT2D eigenvalue weighted by molar-refractivity contribution is 0.0670. The van der Waals surface area contributed by atoms with Crippen molar-refractivity contribution in [3.63, 3.8) is 0 Å². The summed E-state index contributed by atoms with van der Waals surface area (Å²) in [4.78, 5) is 31.4. The first-order chi connectivity index (χ1) is 30.2. The van der Waals surface area contributed by atoms with Gasteiger partial charge in [0.15, 0.2) is 5.82 Å². The lowest BCUT2D eigenvalue weighted by Gasteiger charge is -2.35. The predicted molar refractivity (Wildman–Crippen MR) is 235 cm³/mol. The molecule has 1 unspecified atom stereocenters. The first-order valence-corrected chi connectivity index (χ1v) is 22.6. The van der Waals surface area contributed by atoms with Crippen LogP contribution in [0.25, 0.3) is 39.0 Å². The average Bonchev–Trinajstić information content (AvgIpc) is 4.06. The number of nitrogens with zero attached hydrogens (tertiary/aromatic N) is 8. The SMILES string of the molecule is Cc1cc(-n2nc3c(c2-n2ccn(-c4ccc5c(cnn5C)c4F)c2=O)[C@H](C)N(C(=O)c2cc4ccccc4n2S(=O)(=O)C2(C)C=C(C4CCOCC4)C=CC2)CC3)cc(C)c1F. The van der Waals surface area contributed by atoms with Crippen molar-refractivity contribution in [2.75, 3.05) is 19.8 Å². The van der Waals surface area contributed by atoms with Crippen molar-refractivity contribution in [1.29, 1.82) is 0 Å². The van der Waals surface area contributed by atoms with Crippen LogP contribution in [0.3, 0.4) is 0 Å². The predicted octanol–water partition coefficient (Wildman–Crippen LogP) is 7.56. The van der Waals surface area contributed by atoms with Crippen LogP contribution in [0.2, 0.25) is 0 Å². The van der Waals surface area contributed by atoms with Gasteiger partial charge in [0.2, 0.25) is 10.0 Å². The molecule has 16 heteroatoms. The van der Waals surface area contributed by atoms with Crippen molar-refractivity contribution < 1.29 is 26.7 Å². The number of amides is 1. The smallest absolute Gasteiger partial charge is 0.338 e. The van der Waals surface area contributed by atoms with Crippen molar-refractivity contribution in [2.24, 2.45) is 13.0 Å². The molecule has 6 heterocycles. The third-order valence-electron chi connectivity index (χ3n) is 13.2. The van der Waals surface area contributed by atoms with E-state index >= 15 is 22.0 Å². The monoisotopic (exact) mass is 872 g/mol. The molecular weight excluding hydrogens is 827 g/mol. The molecule has 4 aromatic heterocycles. The van der Waals surface area contributed by atoms with Crippen molar-refractivity contribution in [1.82, 2.24) is 37.6 Å². The van der Waals surface area contributed by atoms with Gasteiger partial charge in [-0.05, 0) is 106 Å². The van der Waals surface area contributed by atoms with Gasteiger partial charge >= 0.3 is 5.69 Å². The number of carbonyl (C=O) groups excluding carboxylic acids is 1. The molecule has 0 bridgehead atoms. The minimum absolute atomic E-state index is 0.00777. The molecule has 0 spiro atoms. The number of allylic oxidation sites excluding steroid dienone is 3. The number of fused-ring (bicyclic) bond motifs is 3. The topological polar surface area (TPSA) is 131 Å². The number of benzene rings is 3. The lowest BCUT2D eigenvalue weighted by Crippen LogP contribution is -2.43. The minimum atomic E-state index is -4.27. The number of imidazole rings is 1. The molecule has 7 aromatic rings. The van der Waals surface area contributed by atoms with Gasteiger partial charge in [0.05, 0.1) is 45.7 Å². The van der Waals surface area contributed by atoms with Crippen LogP contribution in [0.1, 0.15) is 72.0 Å². The highest BCUT2D eigenvalue weighted by Crippen LogP contribution is 2.41. The van der Waals surface area contributed by atoms with E-state index in [-0.39, 0.29) is 53.7 Å². The van der Waals surface area contributed by atoms with E-state index in [1.807, 2.05) is 31.2 Å². The van der Waals surface area contributed by atoms with E-state index in [4.69, 9.17) is 9.84 Å². The second-order valence-corrected chi connectivity index (χ2v) is 19.4. The number of halogens is 2. The molecule has 0 N–H and O–H groups in total. The third kappa shape index (κ3) is 6.27. The van der Waals surface area contributed by atoms with Gasteiger partial charge in [-0.25, -0.2) is 30.6 Å². The largest absolute Gasteiger partial charge is 0.381 e. The van der Waals surface area contributed by atoms with E-state index in [0.29, 0.717) is 57.7 Å². The second-order valence-electron chi connectivity index (χ2n) is 17.1. The van der Waals surface area contributed by atoms with Crippen LogP contribution in [0.4, 0.5) is 8.78 Å². The molecule has 13 nitrogen and oxygen atoms in total. The normalized spacial score (nSPS) is 19.6. The van der Waals surface area contributed by atoms with Gasteiger partial charge in [-0.15, -0.1) is 0 Å². The molecule has 1 aliphatic carbocycles. The fraction of sp³-hybridized carbons (Fsp3) is 0.319. The fourth-order valence-corrected chi connectivity index (χ4v) is 11.5. The Hall–Kier alpha value is -6.39. The summed E-state index contributed by atoms with van der Waals surface area (Å²) >= 11 is 0. The van der Waals surface area contributed by atoms with Gasteiger partial charge in [0.1, 0.15) is 22.1 Å². The molecule has 0 radical (unpaired) electrons. The van der Waals surface area contributed by atoms with Gasteiger partial charge in [-0.3, -0.25) is 18.6 Å². The van der Waals surface area contributed by atoms with Crippen LogP contribution in [0.5, 0.6) is 0 Å². The molecule has 2 aliphatic heterocycles. The quantitative estimate of drug-likeness (QED) is 0.162. The highest BCUT2D eigenvalue weighted by molar-refractivity contribution is 7.91. The van der Waals surface area contributed by atoms with Gasteiger partial charge in [-0.1, -0.05) is 36.4 Å². The molecule has 1 amide bonds. The Morgan fingerprint density at radius 1 is 0.952 bits per heavy atom. The maximum Gasteiger partial charge on any atom is 0.338 e. The molecule has 1 saturated heterocycles. The number of rotatable bonds is 7. The summed E-state index contributed by atoms with van der Waals surface area (Å²) in [5.74, 6) is -1.05. The number of hydrogen-bond donors (Lipinski definition) is 0. The first-order valence-electron chi connectivity index (χ1n) is 21.1. The maximum absolute atomic E-state index is 16.1. The maximum atomic E-state index is 16.1. The molecule has 63 heavy (non-hydrogen) atoms. The Kier molecular flexibility index (Phi) is 9.60. The van der Waals surface area contributed by atoms with Gasteiger partial charge < -0.3 is 9.64 Å². The molecule has 2 atom stereocenters. The zero-order valence-corrected chi connectivity index (χ0v) is 36.4. The van der Waals surface area contributed by atoms with Crippen molar-refractivity contribution >= 4 is 37.7 Å². The van der Waals surface area contributed by atoms with Gasteiger partial charge in [0, 0.05) is 56.6 Å². The molecular formula is C47H46F2N8O5S. The highest BCUT2D eigenvalue weighted by atomic mass is 32.2. The second kappa shape index (κ2) is 14.9. The summed E-state index contributed by atoms with van der Waals surface area (Å²) in [5, 5.41) is 10.0. The van der Waals surface area contributed by atoms with Crippen LogP contribution in [-0.2, 0) is 28.2 Å². The van der Waals surface area contributed by atoms with E-state index in [1.54, 1.807) is 84.5 Å². The summed E-state index contributed by atoms with van der Waals surface area (Å²) in [5.41, 5.74) is 3.67. The lowest BCUT2D eigenvalue weighted by atomic mass is 9.85. The Balaban J connectivity index is 1.10. The number of para-hydroxylation sites is 1. The molecule has 3 aliphatic rings. The summed E-state index contributed by atoms with van der Waals surface area (Å²) in [6.07, 6.45) is 12.3. The summed E-state index contributed by atoms with van der Waals surface area (Å²) in [6, 6.07) is 14.5. The van der Waals surface area contributed by atoms with E-state index in [1.165, 1.54) is 37.8 Å². The van der Waals surface area contributed by atoms with E-state index in [9.17, 15) is 4.79 Å². The zero-order valence-electron chi connectivity index (χ0n) is 35.5. The van der Waals surface area contributed by atoms with Crippen LogP contribution in [0.15, 0.2) is 102 Å². The Labute approximate surface area is 362 Å². The number of ether oxygens (including phenoxy) is 1. The highest BCUT2D eigenvalue weighted by Gasteiger charge is 2.44. The van der Waals surface area contributed by atoms with E-state index in [2.05, 4.69) is 5.10 Å². The van der Waals surface area contributed by atoms with Crippen molar-refractivity contribution in [3.8, 4) is 17.2 Å². The fourth-order valence-electron chi connectivity index (χ4n) is 9.73. The number of carbonyl (C=O) groups is 1. The average molecular weight is 873 g/mol. The molecule has 1 fully saturated rings. The molecule has 324 valence electrons. The van der Waals surface area contributed by atoms with Crippen LogP contribution in [-0.4, -0.2) is 76.4 Å². The standard InChI is InChI=1S/C47H46F2N8O5S/c1-28-23-34(24-29(2)42(28)48)56-44(55-20-19-54(46(55)59)39-13-12-38-35(43(39)49)27-50-52(38)5)41-30(3)53(18-14-36(41)51-56)45(58)40-25-32-9-6-7-11-37(32)57(40)63(60,61)47(4)17-8-10-33(26-47)31-15-21-62-22-16-31/h6-13,19-20,23-27,30-31H,14-18,21-22H2,1-5H3/t30-,47?/m0/s1. The molecule has 10 rings (SSSR count). The minimum Gasteiger partial charge on any atom is -0.381 e. The van der Waals surface area contributed by atoms with E-state index in [0.717, 1.165) is 18.4 Å². The first kappa shape index (κ1) is 40.7. The van der Waals surface area contributed by atoms with Crippen LogP contribution in [0, 0.1) is 31.4 Å².